The van der Waals surface area contributed by atoms with Gasteiger partial charge in [-0.2, -0.15) is 0 Å². The van der Waals surface area contributed by atoms with Gasteiger partial charge < -0.3 is 30.3 Å². The van der Waals surface area contributed by atoms with E-state index >= 15 is 0 Å². The number of hydrogen-bond donors (Lipinski definition) is 4. The fourth-order valence-corrected chi connectivity index (χ4v) is 3.35. The van der Waals surface area contributed by atoms with Crippen LogP contribution in [-0.4, -0.2) is 45.5 Å². The molecule has 0 aliphatic carbocycles. The number of hydrogen-bond acceptors (Lipinski definition) is 8. The number of benzene rings is 2. The quantitative estimate of drug-likeness (QED) is 0.282. The molecule has 10 heteroatoms. The Hall–Kier alpha value is -4.60. The van der Waals surface area contributed by atoms with Crippen LogP contribution in [0, 0.1) is 0 Å². The van der Waals surface area contributed by atoms with Gasteiger partial charge >= 0.3 is 12.2 Å². The summed E-state index contributed by atoms with van der Waals surface area (Å²) >= 11 is 0. The number of carbonyl (C=O) groups excluding carboxylic acids is 2. The smallest absolute Gasteiger partial charge is 0.407 e. The molecular weight excluding hydrogens is 452 g/mol. The van der Waals surface area contributed by atoms with Crippen LogP contribution in [0.3, 0.4) is 0 Å². The fraction of sp³-hybridized carbons (Fsp3) is 0.200. The van der Waals surface area contributed by atoms with Crippen molar-refractivity contribution >= 4 is 34.0 Å². The third-order valence-corrected chi connectivity index (χ3v) is 5.11. The Bertz CT molecular complexity index is 1260. The molecule has 0 aliphatic rings. The van der Waals surface area contributed by atoms with Crippen molar-refractivity contribution in [2.24, 2.45) is 0 Å². The van der Waals surface area contributed by atoms with Crippen LogP contribution in [-0.2, 0) is 22.7 Å². The summed E-state index contributed by atoms with van der Waals surface area (Å²) in [4.78, 5) is 32.3. The van der Waals surface area contributed by atoms with Gasteiger partial charge in [-0.25, -0.2) is 19.6 Å². The SMILES string of the molecule is O=C(NCCCNC(=O)OCc1ccc2cccc(O)c2n1)OCc1ccc2cccc(O)c2n1. The zero-order valence-corrected chi connectivity index (χ0v) is 18.7. The molecule has 2 aromatic carbocycles. The molecule has 0 fully saturated rings. The topological polar surface area (TPSA) is 143 Å². The van der Waals surface area contributed by atoms with Crippen LogP contribution >= 0.6 is 0 Å². The van der Waals surface area contributed by atoms with E-state index in [1.54, 1.807) is 48.5 Å². The number of para-hydroxylation sites is 2. The second-order valence-corrected chi connectivity index (χ2v) is 7.66. The van der Waals surface area contributed by atoms with Crippen LogP contribution < -0.4 is 10.6 Å². The maximum atomic E-state index is 11.9. The van der Waals surface area contributed by atoms with Crippen molar-refractivity contribution in [2.45, 2.75) is 19.6 Å². The number of carbonyl (C=O) groups is 2. The molecule has 4 N–H and O–H groups in total. The number of fused-ring (bicyclic) bond motifs is 2. The average molecular weight is 476 g/mol. The fourth-order valence-electron chi connectivity index (χ4n) is 3.35. The molecule has 10 nitrogen and oxygen atoms in total. The molecule has 2 heterocycles. The van der Waals surface area contributed by atoms with E-state index in [1.165, 1.54) is 0 Å². The number of nitrogens with one attached hydrogen (secondary N) is 2. The van der Waals surface area contributed by atoms with Gasteiger partial charge in [0.2, 0.25) is 0 Å². The lowest BCUT2D eigenvalue weighted by Gasteiger charge is -2.09. The van der Waals surface area contributed by atoms with Crippen LogP contribution in [0.5, 0.6) is 11.5 Å². The summed E-state index contributed by atoms with van der Waals surface area (Å²) in [6, 6.07) is 17.2. The standard InChI is InChI=1S/C25H24N4O6/c30-20-6-1-4-16-8-10-18(28-22(16)20)14-34-24(32)26-12-3-13-27-25(33)35-15-19-11-9-17-5-2-7-21(31)23(17)29-19/h1-2,4-11,30-31H,3,12-15H2,(H,26,32)(H,27,33). The number of aromatic hydroxyl groups is 2. The third kappa shape index (κ3) is 6.26. The minimum atomic E-state index is -0.614. The van der Waals surface area contributed by atoms with Gasteiger partial charge in [0.1, 0.15) is 35.7 Å². The first-order valence-electron chi connectivity index (χ1n) is 11.0. The van der Waals surface area contributed by atoms with Gasteiger partial charge in [-0.05, 0) is 30.7 Å². The number of rotatable bonds is 8. The zero-order valence-electron chi connectivity index (χ0n) is 18.7. The highest BCUT2D eigenvalue weighted by Gasteiger charge is 2.08. The Kier molecular flexibility index (Phi) is 7.41. The van der Waals surface area contributed by atoms with Crippen molar-refractivity contribution < 1.29 is 29.3 Å². The molecule has 0 spiro atoms. The summed E-state index contributed by atoms with van der Waals surface area (Å²) in [6.07, 6.45) is -0.760. The van der Waals surface area contributed by atoms with Crippen LogP contribution in [0.15, 0.2) is 60.7 Å². The summed E-state index contributed by atoms with van der Waals surface area (Å²) in [7, 11) is 0. The Balaban J connectivity index is 1.11. The highest BCUT2D eigenvalue weighted by molar-refractivity contribution is 5.85. The molecule has 180 valence electrons. The third-order valence-electron chi connectivity index (χ3n) is 5.11. The Morgan fingerprint density at radius 2 is 1.14 bits per heavy atom. The maximum Gasteiger partial charge on any atom is 0.407 e. The van der Waals surface area contributed by atoms with Crippen molar-refractivity contribution in [1.29, 1.82) is 0 Å². The largest absolute Gasteiger partial charge is 0.506 e. The van der Waals surface area contributed by atoms with Gasteiger partial charge in [0.05, 0.1) is 11.4 Å². The molecule has 4 aromatic rings. The normalized spacial score (nSPS) is 10.7. The Labute approximate surface area is 200 Å². The Morgan fingerprint density at radius 1 is 0.686 bits per heavy atom. The van der Waals surface area contributed by atoms with E-state index in [0.717, 1.165) is 10.8 Å². The molecule has 4 rings (SSSR count). The van der Waals surface area contributed by atoms with E-state index in [2.05, 4.69) is 20.6 Å². The minimum absolute atomic E-state index is 0.0404. The first kappa shape index (κ1) is 23.6. The van der Waals surface area contributed by atoms with Crippen LogP contribution in [0.25, 0.3) is 21.8 Å². The predicted octanol–water partition coefficient (Wildman–Crippen LogP) is 3.74. The number of aromatic nitrogens is 2. The number of amides is 2. The van der Waals surface area contributed by atoms with Crippen molar-refractivity contribution in [3.63, 3.8) is 0 Å². The van der Waals surface area contributed by atoms with Gasteiger partial charge in [-0.1, -0.05) is 36.4 Å². The van der Waals surface area contributed by atoms with Crippen LogP contribution in [0.2, 0.25) is 0 Å². The zero-order chi connectivity index (χ0) is 24.6. The first-order chi connectivity index (χ1) is 17.0. The van der Waals surface area contributed by atoms with E-state index in [1.807, 2.05) is 12.1 Å². The Morgan fingerprint density at radius 3 is 1.60 bits per heavy atom. The average Bonchev–Trinajstić information content (AvgIpc) is 2.86. The molecule has 35 heavy (non-hydrogen) atoms. The number of pyridine rings is 2. The number of alkyl carbamates (subject to hydrolysis) is 2. The van der Waals surface area contributed by atoms with Crippen molar-refractivity contribution in [3.05, 3.63) is 72.1 Å². The van der Waals surface area contributed by atoms with Crippen LogP contribution in [0.4, 0.5) is 9.59 Å². The monoisotopic (exact) mass is 476 g/mol. The molecule has 0 saturated heterocycles. The van der Waals surface area contributed by atoms with Gasteiger partial charge in [0.15, 0.2) is 0 Å². The lowest BCUT2D eigenvalue weighted by Crippen LogP contribution is -2.30. The minimum Gasteiger partial charge on any atom is -0.506 e. The number of nitrogens with zero attached hydrogens (tertiary/aromatic N) is 2. The highest BCUT2D eigenvalue weighted by atomic mass is 16.6. The van der Waals surface area contributed by atoms with E-state index in [4.69, 9.17) is 9.47 Å². The second kappa shape index (κ2) is 11.0. The van der Waals surface area contributed by atoms with Crippen molar-refractivity contribution in [2.75, 3.05) is 13.1 Å². The molecule has 0 bridgehead atoms. The van der Waals surface area contributed by atoms with Gasteiger partial charge in [0.25, 0.3) is 0 Å². The molecule has 0 unspecified atom stereocenters. The summed E-state index contributed by atoms with van der Waals surface area (Å²) in [6.45, 7) is 0.496. The van der Waals surface area contributed by atoms with Gasteiger partial charge in [0, 0.05) is 23.9 Å². The lowest BCUT2D eigenvalue weighted by atomic mass is 10.2. The number of phenols is 2. The molecule has 0 saturated carbocycles. The van der Waals surface area contributed by atoms with E-state index in [-0.39, 0.29) is 37.8 Å². The van der Waals surface area contributed by atoms with Crippen LogP contribution in [0.1, 0.15) is 17.8 Å². The van der Waals surface area contributed by atoms with E-state index in [0.29, 0.717) is 28.8 Å². The molecule has 2 amide bonds. The van der Waals surface area contributed by atoms with Crippen molar-refractivity contribution in [3.8, 4) is 11.5 Å². The summed E-state index contributed by atoms with van der Waals surface area (Å²) < 4.78 is 10.3. The van der Waals surface area contributed by atoms with E-state index < -0.39 is 12.2 Å². The van der Waals surface area contributed by atoms with Gasteiger partial charge in [-0.15, -0.1) is 0 Å². The molecule has 0 radical (unpaired) electrons. The van der Waals surface area contributed by atoms with Crippen molar-refractivity contribution in [1.82, 2.24) is 20.6 Å². The summed E-state index contributed by atoms with van der Waals surface area (Å²) in [5.74, 6) is 0.125. The predicted molar refractivity (Wildman–Crippen MR) is 128 cm³/mol. The lowest BCUT2D eigenvalue weighted by molar-refractivity contribution is 0.137. The summed E-state index contributed by atoms with van der Waals surface area (Å²) in [5, 5.41) is 26.5. The molecular formula is C25H24N4O6. The molecule has 0 atom stereocenters. The number of phenolic OH excluding ortho intramolecular Hbond substituents is 2. The van der Waals surface area contributed by atoms with Gasteiger partial charge in [-0.3, -0.25) is 0 Å². The molecule has 2 aromatic heterocycles. The van der Waals surface area contributed by atoms with E-state index in [9.17, 15) is 19.8 Å². The second-order valence-electron chi connectivity index (χ2n) is 7.66. The molecule has 0 aliphatic heterocycles. The highest BCUT2D eigenvalue weighted by Crippen LogP contribution is 2.23. The number of ether oxygens (including phenoxy) is 2. The summed E-state index contributed by atoms with van der Waals surface area (Å²) in [5.41, 5.74) is 1.91. The maximum absolute atomic E-state index is 11.9. The first-order valence-corrected chi connectivity index (χ1v) is 11.0.